The fourth-order valence-electron chi connectivity index (χ4n) is 3.31. The molecule has 1 N–H and O–H groups in total. The van der Waals surface area contributed by atoms with Crippen molar-refractivity contribution in [3.05, 3.63) is 59.1 Å². The Balaban J connectivity index is 2.17. The molecule has 3 rings (SSSR count). The molecule has 1 aromatic carbocycles. The number of hydrogen-bond acceptors (Lipinski definition) is 6. The fraction of sp³-hybridized carbons (Fsp3) is 0.333. The maximum absolute atomic E-state index is 12.9. The van der Waals surface area contributed by atoms with Gasteiger partial charge in [0.05, 0.1) is 24.5 Å². The van der Waals surface area contributed by atoms with Gasteiger partial charge in [-0.2, -0.15) is 0 Å². The SMILES string of the molecule is COc1ccc(C)cc1/C(O)=C1/C(=O)C(=O)N(CCN(C)C)C1c1ccco1. The maximum atomic E-state index is 12.9. The summed E-state index contributed by atoms with van der Waals surface area (Å²) >= 11 is 0. The number of likely N-dealkylation sites (tertiary alicyclic amines) is 1. The number of nitrogens with zero attached hydrogens (tertiary/aromatic N) is 2. The number of aliphatic hydroxyl groups excluding tert-OH is 1. The fourth-order valence-corrected chi connectivity index (χ4v) is 3.31. The number of aryl methyl sites for hydroxylation is 1. The van der Waals surface area contributed by atoms with Crippen LogP contribution in [0.4, 0.5) is 0 Å². The minimum absolute atomic E-state index is 0.00241. The topological polar surface area (TPSA) is 83.2 Å². The number of likely N-dealkylation sites (N-methyl/N-ethyl adjacent to an activating group) is 1. The summed E-state index contributed by atoms with van der Waals surface area (Å²) < 4.78 is 10.9. The largest absolute Gasteiger partial charge is 0.507 e. The van der Waals surface area contributed by atoms with Crippen molar-refractivity contribution in [1.82, 2.24) is 9.80 Å². The third-order valence-corrected chi connectivity index (χ3v) is 4.75. The van der Waals surface area contributed by atoms with E-state index in [1.165, 1.54) is 18.3 Å². The minimum atomic E-state index is -0.792. The molecule has 7 nitrogen and oxygen atoms in total. The Bertz CT molecular complexity index is 915. The van der Waals surface area contributed by atoms with Gasteiger partial charge >= 0.3 is 0 Å². The van der Waals surface area contributed by atoms with E-state index < -0.39 is 17.7 Å². The average Bonchev–Trinajstić information content (AvgIpc) is 3.27. The number of hydrogen-bond donors (Lipinski definition) is 1. The van der Waals surface area contributed by atoms with Crippen molar-refractivity contribution in [2.45, 2.75) is 13.0 Å². The molecule has 0 bridgehead atoms. The van der Waals surface area contributed by atoms with Crippen LogP contribution >= 0.6 is 0 Å². The lowest BCUT2D eigenvalue weighted by Gasteiger charge is -2.24. The Hall–Kier alpha value is -3.06. The van der Waals surface area contributed by atoms with Crippen molar-refractivity contribution in [1.29, 1.82) is 0 Å². The van der Waals surface area contributed by atoms with Crippen molar-refractivity contribution < 1.29 is 23.8 Å². The zero-order valence-corrected chi connectivity index (χ0v) is 16.4. The highest BCUT2D eigenvalue weighted by atomic mass is 16.5. The van der Waals surface area contributed by atoms with Gasteiger partial charge in [0.25, 0.3) is 11.7 Å². The van der Waals surface area contributed by atoms with Crippen LogP contribution in [0.25, 0.3) is 5.76 Å². The molecule has 1 aliphatic rings. The predicted octanol–water partition coefficient (Wildman–Crippen LogP) is 2.58. The first-order chi connectivity index (χ1) is 13.3. The molecular formula is C21H24N2O5. The number of methoxy groups -OCH3 is 1. The summed E-state index contributed by atoms with van der Waals surface area (Å²) in [5, 5.41) is 11.1. The van der Waals surface area contributed by atoms with Gasteiger partial charge in [0.2, 0.25) is 0 Å². The number of benzene rings is 1. The van der Waals surface area contributed by atoms with Crippen LogP contribution in [-0.4, -0.2) is 60.9 Å². The molecule has 148 valence electrons. The van der Waals surface area contributed by atoms with E-state index >= 15 is 0 Å². The Morgan fingerprint density at radius 1 is 1.29 bits per heavy atom. The number of rotatable bonds is 6. The van der Waals surface area contributed by atoms with Crippen LogP contribution in [0.15, 0.2) is 46.6 Å². The van der Waals surface area contributed by atoms with E-state index in [0.717, 1.165) is 5.56 Å². The number of ketones is 1. The van der Waals surface area contributed by atoms with Gasteiger partial charge in [-0.3, -0.25) is 9.59 Å². The van der Waals surface area contributed by atoms with E-state index in [2.05, 4.69) is 0 Å². The number of ether oxygens (including phenoxy) is 1. The Labute approximate surface area is 163 Å². The molecule has 0 spiro atoms. The van der Waals surface area contributed by atoms with Gasteiger partial charge in [-0.25, -0.2) is 0 Å². The minimum Gasteiger partial charge on any atom is -0.507 e. The highest BCUT2D eigenvalue weighted by Crippen LogP contribution is 2.41. The highest BCUT2D eigenvalue weighted by Gasteiger charge is 2.47. The molecule has 0 radical (unpaired) electrons. The quantitative estimate of drug-likeness (QED) is 0.468. The molecule has 0 aliphatic carbocycles. The van der Waals surface area contributed by atoms with E-state index in [4.69, 9.17) is 9.15 Å². The molecule has 1 amide bonds. The Morgan fingerprint density at radius 3 is 2.64 bits per heavy atom. The monoisotopic (exact) mass is 384 g/mol. The normalized spacial score (nSPS) is 18.9. The second kappa shape index (κ2) is 7.90. The molecule has 1 saturated heterocycles. The first-order valence-corrected chi connectivity index (χ1v) is 8.96. The number of Topliss-reactive ketones (excluding diaryl/α,β-unsaturated/α-hetero) is 1. The molecule has 1 unspecified atom stereocenters. The third kappa shape index (κ3) is 3.53. The second-order valence-electron chi connectivity index (χ2n) is 7.01. The number of carbonyl (C=O) groups excluding carboxylic acids is 2. The second-order valence-corrected chi connectivity index (χ2v) is 7.01. The summed E-state index contributed by atoms with van der Waals surface area (Å²) in [6.07, 6.45) is 1.48. The molecular weight excluding hydrogens is 360 g/mol. The predicted molar refractivity (Wildman–Crippen MR) is 104 cm³/mol. The maximum Gasteiger partial charge on any atom is 0.295 e. The molecule has 28 heavy (non-hydrogen) atoms. The zero-order chi connectivity index (χ0) is 20.4. The van der Waals surface area contributed by atoms with Crippen molar-refractivity contribution in [3.8, 4) is 5.75 Å². The van der Waals surface area contributed by atoms with E-state index in [1.54, 1.807) is 24.3 Å². The lowest BCUT2D eigenvalue weighted by atomic mass is 9.98. The van der Waals surface area contributed by atoms with Crippen LogP contribution in [0.2, 0.25) is 0 Å². The molecule has 1 atom stereocenters. The van der Waals surface area contributed by atoms with Gasteiger partial charge in [0.1, 0.15) is 23.3 Å². The first kappa shape index (κ1) is 19.7. The highest BCUT2D eigenvalue weighted by molar-refractivity contribution is 6.46. The van der Waals surface area contributed by atoms with Crippen LogP contribution in [0.3, 0.4) is 0 Å². The van der Waals surface area contributed by atoms with Crippen molar-refractivity contribution in [2.24, 2.45) is 0 Å². The van der Waals surface area contributed by atoms with Crippen LogP contribution in [0, 0.1) is 6.92 Å². The van der Waals surface area contributed by atoms with Gasteiger partial charge in [-0.1, -0.05) is 11.6 Å². The van der Waals surface area contributed by atoms with Crippen molar-refractivity contribution >= 4 is 17.4 Å². The summed E-state index contributed by atoms with van der Waals surface area (Å²) in [5.41, 5.74) is 1.26. The molecule has 1 aromatic heterocycles. The van der Waals surface area contributed by atoms with Gasteiger partial charge < -0.3 is 24.1 Å². The molecule has 7 heteroatoms. The standard InChI is InChI=1S/C21H24N2O5/c1-13-7-8-15(27-4)14(12-13)19(24)17-18(16-6-5-11-28-16)23(10-9-22(2)3)21(26)20(17)25/h5-8,11-12,18,24H,9-10H2,1-4H3/b19-17-. The van der Waals surface area contributed by atoms with Crippen LogP contribution in [0.1, 0.15) is 22.9 Å². The van der Waals surface area contributed by atoms with E-state index in [9.17, 15) is 14.7 Å². The van der Waals surface area contributed by atoms with Crippen LogP contribution in [-0.2, 0) is 9.59 Å². The number of carbonyl (C=O) groups is 2. The summed E-state index contributed by atoms with van der Waals surface area (Å²) in [6.45, 7) is 2.76. The Kier molecular flexibility index (Phi) is 5.56. The van der Waals surface area contributed by atoms with Crippen LogP contribution < -0.4 is 4.74 Å². The van der Waals surface area contributed by atoms with Gasteiger partial charge in [0.15, 0.2) is 0 Å². The smallest absolute Gasteiger partial charge is 0.295 e. The lowest BCUT2D eigenvalue weighted by Crippen LogP contribution is -2.35. The summed E-state index contributed by atoms with van der Waals surface area (Å²) in [5.74, 6) is -0.822. The number of aliphatic hydroxyl groups is 1. The van der Waals surface area contributed by atoms with Crippen molar-refractivity contribution in [2.75, 3.05) is 34.3 Å². The van der Waals surface area contributed by atoms with E-state index in [-0.39, 0.29) is 11.3 Å². The van der Waals surface area contributed by atoms with Gasteiger partial charge in [0, 0.05) is 13.1 Å². The molecule has 2 heterocycles. The van der Waals surface area contributed by atoms with Crippen molar-refractivity contribution in [3.63, 3.8) is 0 Å². The van der Waals surface area contributed by atoms with Crippen LogP contribution in [0.5, 0.6) is 5.75 Å². The van der Waals surface area contributed by atoms with Gasteiger partial charge in [-0.05, 0) is 45.3 Å². The first-order valence-electron chi connectivity index (χ1n) is 8.96. The molecule has 2 aromatic rings. The van der Waals surface area contributed by atoms with E-state index in [1.807, 2.05) is 32.0 Å². The third-order valence-electron chi connectivity index (χ3n) is 4.75. The summed E-state index contributed by atoms with van der Waals surface area (Å²) in [7, 11) is 5.26. The number of amides is 1. The molecule has 1 aliphatic heterocycles. The number of furan rings is 1. The Morgan fingerprint density at radius 2 is 2.04 bits per heavy atom. The molecule has 0 saturated carbocycles. The molecule has 1 fully saturated rings. The lowest BCUT2D eigenvalue weighted by molar-refractivity contribution is -0.140. The zero-order valence-electron chi connectivity index (χ0n) is 16.4. The summed E-state index contributed by atoms with van der Waals surface area (Å²) in [4.78, 5) is 28.9. The van der Waals surface area contributed by atoms with E-state index in [0.29, 0.717) is 30.2 Å². The summed E-state index contributed by atoms with van der Waals surface area (Å²) in [6, 6.07) is 7.87. The average molecular weight is 384 g/mol. The van der Waals surface area contributed by atoms with Gasteiger partial charge in [-0.15, -0.1) is 0 Å².